The van der Waals surface area contributed by atoms with E-state index in [0.29, 0.717) is 29.0 Å². The number of ether oxygens (including phenoxy) is 2. The maximum Gasteiger partial charge on any atom is 0.263 e. The molecule has 2 heterocycles. The maximum atomic E-state index is 12.8. The molecule has 0 unspecified atom stereocenters. The zero-order valence-corrected chi connectivity index (χ0v) is 24.8. The van der Waals surface area contributed by atoms with Gasteiger partial charge in [0, 0.05) is 23.0 Å². The van der Waals surface area contributed by atoms with Crippen LogP contribution in [0.3, 0.4) is 0 Å². The smallest absolute Gasteiger partial charge is 0.263 e. The number of carbonyl (C=O) groups excluding carboxylic acids is 1. The summed E-state index contributed by atoms with van der Waals surface area (Å²) < 4.78 is 40.8. The van der Waals surface area contributed by atoms with Gasteiger partial charge in [-0.1, -0.05) is 30.0 Å². The van der Waals surface area contributed by atoms with Gasteiger partial charge in [0.05, 0.1) is 17.3 Å². The van der Waals surface area contributed by atoms with Crippen molar-refractivity contribution in [3.8, 4) is 17.2 Å². The Balaban J connectivity index is 1.26. The largest absolute Gasteiger partial charge is 0.494 e. The highest BCUT2D eigenvalue weighted by atomic mass is 32.2. The second-order valence-corrected chi connectivity index (χ2v) is 12.1. The summed E-state index contributed by atoms with van der Waals surface area (Å²) in [4.78, 5) is 16.8. The second-order valence-electron chi connectivity index (χ2n) is 8.57. The molecule has 0 bridgehead atoms. The lowest BCUT2D eigenvalue weighted by atomic mass is 10.3. The molecule has 0 atom stereocenters. The Morgan fingerprint density at radius 3 is 2.38 bits per heavy atom. The average Bonchev–Trinajstić information content (AvgIpc) is 3.66. The van der Waals surface area contributed by atoms with E-state index < -0.39 is 10.0 Å². The SMILES string of the molecule is CCOc1ccc(-n2c(COc3ccccc3)nnc2SCC(=O)Nc2ccc(S(=O)(=O)Nc3nccs3)cc2)cc1. The summed E-state index contributed by atoms with van der Waals surface area (Å²) in [5.41, 5.74) is 1.25. The number of thioether (sulfide) groups is 1. The minimum Gasteiger partial charge on any atom is -0.494 e. The van der Waals surface area contributed by atoms with Crippen molar-refractivity contribution >= 4 is 49.8 Å². The first-order valence-corrected chi connectivity index (χ1v) is 16.1. The van der Waals surface area contributed by atoms with Gasteiger partial charge in [0.25, 0.3) is 10.0 Å². The van der Waals surface area contributed by atoms with E-state index in [0.717, 1.165) is 11.4 Å². The number of nitrogens with one attached hydrogen (secondary N) is 2. The average molecular weight is 623 g/mol. The lowest BCUT2D eigenvalue weighted by Crippen LogP contribution is -2.15. The molecular formula is C28H26N6O5S3. The van der Waals surface area contributed by atoms with Crippen LogP contribution in [0.1, 0.15) is 12.7 Å². The quantitative estimate of drug-likeness (QED) is 0.169. The number of hydrogen-bond donors (Lipinski definition) is 2. The number of nitrogens with zero attached hydrogens (tertiary/aromatic N) is 4. The number of aromatic nitrogens is 4. The second kappa shape index (κ2) is 13.5. The third-order valence-corrected chi connectivity index (χ3v) is 8.75. The summed E-state index contributed by atoms with van der Waals surface area (Å²) in [5, 5.41) is 13.9. The van der Waals surface area contributed by atoms with Crippen LogP contribution in [0.15, 0.2) is 100 Å². The van der Waals surface area contributed by atoms with Crippen molar-refractivity contribution in [1.29, 1.82) is 0 Å². The van der Waals surface area contributed by atoms with E-state index in [1.807, 2.05) is 66.1 Å². The van der Waals surface area contributed by atoms with Crippen LogP contribution >= 0.6 is 23.1 Å². The lowest BCUT2D eigenvalue weighted by Gasteiger charge is -2.12. The van der Waals surface area contributed by atoms with Crippen LogP contribution in [0.5, 0.6) is 11.5 Å². The monoisotopic (exact) mass is 622 g/mol. The van der Waals surface area contributed by atoms with Crippen molar-refractivity contribution in [2.75, 3.05) is 22.4 Å². The minimum atomic E-state index is -3.79. The van der Waals surface area contributed by atoms with E-state index in [9.17, 15) is 13.2 Å². The number of anilines is 2. The number of rotatable bonds is 13. The maximum absolute atomic E-state index is 12.8. The lowest BCUT2D eigenvalue weighted by molar-refractivity contribution is -0.113. The van der Waals surface area contributed by atoms with Crippen LogP contribution in [0.2, 0.25) is 0 Å². The summed E-state index contributed by atoms with van der Waals surface area (Å²) in [6, 6.07) is 22.8. The fraction of sp³-hybridized carbons (Fsp3) is 0.143. The van der Waals surface area contributed by atoms with E-state index in [1.54, 1.807) is 5.38 Å². The predicted octanol–water partition coefficient (Wildman–Crippen LogP) is 5.23. The van der Waals surface area contributed by atoms with Crippen LogP contribution in [0, 0.1) is 0 Å². The molecule has 42 heavy (non-hydrogen) atoms. The summed E-state index contributed by atoms with van der Waals surface area (Å²) in [5.74, 6) is 1.75. The molecular weight excluding hydrogens is 597 g/mol. The fourth-order valence-corrected chi connectivity index (χ4v) is 6.32. The van der Waals surface area contributed by atoms with Crippen molar-refractivity contribution in [3.05, 3.63) is 96.3 Å². The molecule has 0 saturated carbocycles. The number of carbonyl (C=O) groups is 1. The Morgan fingerprint density at radius 1 is 0.952 bits per heavy atom. The van der Waals surface area contributed by atoms with E-state index in [2.05, 4.69) is 25.2 Å². The molecule has 1 amide bonds. The standard InChI is InChI=1S/C28H26N6O5S3/c1-2-38-23-12-10-21(11-13-23)34-25(18-39-22-6-4-3-5-7-22)31-32-28(34)41-19-26(35)30-20-8-14-24(15-9-20)42(36,37)33-27-29-16-17-40-27/h3-17H,2,18-19H2,1H3,(H,29,33)(H,30,35). The molecule has 2 aromatic heterocycles. The third kappa shape index (κ3) is 7.46. The highest BCUT2D eigenvalue weighted by molar-refractivity contribution is 7.99. The normalized spacial score (nSPS) is 11.2. The van der Waals surface area contributed by atoms with Gasteiger partial charge < -0.3 is 14.8 Å². The predicted molar refractivity (Wildman–Crippen MR) is 162 cm³/mol. The Kier molecular flexibility index (Phi) is 9.36. The van der Waals surface area contributed by atoms with Gasteiger partial charge in [-0.2, -0.15) is 0 Å². The number of sulfonamides is 1. The number of benzene rings is 3. The summed E-state index contributed by atoms with van der Waals surface area (Å²) >= 11 is 2.39. The Labute approximate surface area is 251 Å². The zero-order valence-electron chi connectivity index (χ0n) is 22.3. The first-order valence-electron chi connectivity index (χ1n) is 12.7. The molecule has 11 nitrogen and oxygen atoms in total. The van der Waals surface area contributed by atoms with Gasteiger partial charge in [-0.05, 0) is 67.6 Å². The van der Waals surface area contributed by atoms with Crippen LogP contribution < -0.4 is 19.5 Å². The van der Waals surface area contributed by atoms with Gasteiger partial charge in [-0.25, -0.2) is 13.4 Å². The molecule has 0 saturated heterocycles. The highest BCUT2D eigenvalue weighted by Crippen LogP contribution is 2.26. The van der Waals surface area contributed by atoms with E-state index in [1.165, 1.54) is 53.6 Å². The molecule has 2 N–H and O–H groups in total. The fourth-order valence-electron chi connectivity index (χ4n) is 3.76. The molecule has 0 aliphatic carbocycles. The van der Waals surface area contributed by atoms with Crippen molar-refractivity contribution in [2.24, 2.45) is 0 Å². The molecule has 5 aromatic rings. The summed E-state index contributed by atoms with van der Waals surface area (Å²) in [6.07, 6.45) is 1.51. The molecule has 5 rings (SSSR count). The first-order chi connectivity index (χ1) is 20.4. The van der Waals surface area contributed by atoms with Crippen molar-refractivity contribution < 1.29 is 22.7 Å². The van der Waals surface area contributed by atoms with Gasteiger partial charge >= 0.3 is 0 Å². The molecule has 0 spiro atoms. The van der Waals surface area contributed by atoms with Crippen molar-refractivity contribution in [1.82, 2.24) is 19.7 Å². The molecule has 0 aliphatic rings. The third-order valence-electron chi connectivity index (χ3n) is 5.65. The van der Waals surface area contributed by atoms with Gasteiger partial charge in [0.1, 0.15) is 18.1 Å². The molecule has 0 radical (unpaired) electrons. The van der Waals surface area contributed by atoms with Crippen molar-refractivity contribution in [3.63, 3.8) is 0 Å². The van der Waals surface area contributed by atoms with E-state index in [4.69, 9.17) is 9.47 Å². The van der Waals surface area contributed by atoms with Crippen LogP contribution in [-0.4, -0.2) is 46.4 Å². The molecule has 0 fully saturated rings. The molecule has 14 heteroatoms. The van der Waals surface area contributed by atoms with Crippen LogP contribution in [0.4, 0.5) is 10.8 Å². The number of para-hydroxylation sites is 1. The highest BCUT2D eigenvalue weighted by Gasteiger charge is 2.18. The van der Waals surface area contributed by atoms with Crippen molar-refractivity contribution in [2.45, 2.75) is 23.6 Å². The first kappa shape index (κ1) is 29.1. The summed E-state index contributed by atoms with van der Waals surface area (Å²) in [6.45, 7) is 2.65. The molecule has 0 aliphatic heterocycles. The Morgan fingerprint density at radius 2 is 1.69 bits per heavy atom. The number of hydrogen-bond acceptors (Lipinski definition) is 10. The summed E-state index contributed by atoms with van der Waals surface area (Å²) in [7, 11) is -3.79. The van der Waals surface area contributed by atoms with E-state index in [-0.39, 0.29) is 28.3 Å². The zero-order chi connectivity index (χ0) is 29.4. The van der Waals surface area contributed by atoms with Gasteiger partial charge in [0.2, 0.25) is 5.91 Å². The van der Waals surface area contributed by atoms with Gasteiger partial charge in [-0.3, -0.25) is 14.1 Å². The van der Waals surface area contributed by atoms with Crippen LogP contribution in [-0.2, 0) is 21.4 Å². The number of thiazole rings is 1. The minimum absolute atomic E-state index is 0.0420. The molecule has 3 aromatic carbocycles. The molecule has 216 valence electrons. The van der Waals surface area contributed by atoms with Gasteiger partial charge in [0.15, 0.2) is 16.1 Å². The van der Waals surface area contributed by atoms with Gasteiger partial charge in [-0.15, -0.1) is 21.5 Å². The van der Waals surface area contributed by atoms with E-state index >= 15 is 0 Å². The Bertz CT molecular complexity index is 1710. The van der Waals surface area contributed by atoms with Crippen LogP contribution in [0.25, 0.3) is 5.69 Å². The number of amides is 1. The Hall–Kier alpha value is -4.40. The topological polar surface area (TPSA) is 137 Å².